The zero-order chi connectivity index (χ0) is 12.7. The Morgan fingerprint density at radius 1 is 1.41 bits per heavy atom. The van der Waals surface area contributed by atoms with Gasteiger partial charge in [-0.15, -0.1) is 0 Å². The Bertz CT molecular complexity index is 347. The van der Waals surface area contributed by atoms with Crippen LogP contribution in [0.15, 0.2) is 6.07 Å². The summed E-state index contributed by atoms with van der Waals surface area (Å²) in [5, 5.41) is 3.88. The number of hydrogen-bond acceptors (Lipinski definition) is 4. The van der Waals surface area contributed by atoms with Crippen LogP contribution in [0.25, 0.3) is 0 Å². The van der Waals surface area contributed by atoms with Crippen LogP contribution in [0.4, 0.5) is 5.82 Å². The largest absolute Gasteiger partial charge is 0.367 e. The molecule has 0 aromatic carbocycles. The van der Waals surface area contributed by atoms with Crippen LogP contribution in [0.2, 0.25) is 5.15 Å². The van der Waals surface area contributed by atoms with E-state index in [1.807, 2.05) is 18.7 Å². The van der Waals surface area contributed by atoms with E-state index >= 15 is 0 Å². The molecule has 1 aromatic rings. The lowest BCUT2D eigenvalue weighted by Crippen LogP contribution is -2.17. The first-order chi connectivity index (χ1) is 8.15. The van der Waals surface area contributed by atoms with Gasteiger partial charge in [0.15, 0.2) is 0 Å². The molecular formula is C12H20ClN3S. The minimum absolute atomic E-state index is 0.407. The predicted molar refractivity (Wildman–Crippen MR) is 77.1 cm³/mol. The van der Waals surface area contributed by atoms with Gasteiger partial charge < -0.3 is 5.32 Å². The van der Waals surface area contributed by atoms with Gasteiger partial charge in [-0.2, -0.15) is 11.8 Å². The summed E-state index contributed by atoms with van der Waals surface area (Å²) in [4.78, 5) is 8.55. The Kier molecular flexibility index (Phi) is 6.66. The molecule has 0 amide bonds. The van der Waals surface area contributed by atoms with Gasteiger partial charge in [0.1, 0.15) is 16.8 Å². The van der Waals surface area contributed by atoms with Crippen LogP contribution in [0, 0.1) is 0 Å². The van der Waals surface area contributed by atoms with Crippen molar-refractivity contribution >= 4 is 29.2 Å². The van der Waals surface area contributed by atoms with Crippen molar-refractivity contribution in [1.82, 2.24) is 9.97 Å². The number of rotatable bonds is 7. The lowest BCUT2D eigenvalue weighted by molar-refractivity contribution is 0.762. The Hall–Kier alpha value is -0.480. The van der Waals surface area contributed by atoms with Crippen molar-refractivity contribution in [3.8, 4) is 0 Å². The van der Waals surface area contributed by atoms with Gasteiger partial charge in [0.2, 0.25) is 0 Å². The summed E-state index contributed by atoms with van der Waals surface area (Å²) in [7, 11) is 0. The highest BCUT2D eigenvalue weighted by Gasteiger charge is 2.05. The number of anilines is 1. The quantitative estimate of drug-likeness (QED) is 0.608. The molecule has 0 fully saturated rings. The topological polar surface area (TPSA) is 37.8 Å². The number of hydrogen-bond donors (Lipinski definition) is 1. The second-order valence-electron chi connectivity index (χ2n) is 3.88. The summed E-state index contributed by atoms with van der Waals surface area (Å²) in [5.74, 6) is 3.96. The maximum atomic E-state index is 5.94. The van der Waals surface area contributed by atoms with Crippen molar-refractivity contribution in [3.05, 3.63) is 17.0 Å². The molecule has 0 saturated carbocycles. The van der Waals surface area contributed by atoms with Gasteiger partial charge in [-0.3, -0.25) is 0 Å². The molecule has 1 atom stereocenters. The standard InChI is InChI=1S/C12H20ClN3S/c1-4-11-15-10(13)8-12(16-11)14-9(3)6-7-17-5-2/h8-9H,4-7H2,1-3H3,(H,14,15,16). The van der Waals surface area contributed by atoms with Crippen LogP contribution in [0.5, 0.6) is 0 Å². The van der Waals surface area contributed by atoms with Crippen molar-refractivity contribution in [3.63, 3.8) is 0 Å². The molecule has 3 nitrogen and oxygen atoms in total. The molecule has 0 aliphatic carbocycles. The highest BCUT2D eigenvalue weighted by molar-refractivity contribution is 7.99. The highest BCUT2D eigenvalue weighted by atomic mass is 35.5. The van der Waals surface area contributed by atoms with E-state index in [9.17, 15) is 0 Å². The molecule has 96 valence electrons. The Balaban J connectivity index is 2.52. The first-order valence-corrected chi connectivity index (χ1v) is 7.56. The fourth-order valence-electron chi connectivity index (χ4n) is 1.43. The maximum Gasteiger partial charge on any atom is 0.134 e. The first kappa shape index (κ1) is 14.6. The highest BCUT2D eigenvalue weighted by Crippen LogP contribution is 2.14. The number of nitrogens with one attached hydrogen (secondary N) is 1. The molecule has 1 N–H and O–H groups in total. The molecule has 0 aliphatic rings. The summed E-state index contributed by atoms with van der Waals surface area (Å²) < 4.78 is 0. The van der Waals surface area contributed by atoms with Gasteiger partial charge in [-0.1, -0.05) is 25.4 Å². The Morgan fingerprint density at radius 3 is 2.82 bits per heavy atom. The van der Waals surface area contributed by atoms with Crippen molar-refractivity contribution in [2.45, 2.75) is 39.7 Å². The minimum Gasteiger partial charge on any atom is -0.367 e. The summed E-state index contributed by atoms with van der Waals surface area (Å²) >= 11 is 7.90. The molecule has 0 bridgehead atoms. The third-order valence-electron chi connectivity index (χ3n) is 2.35. The second kappa shape index (κ2) is 7.77. The van der Waals surface area contributed by atoms with Gasteiger partial charge in [0.05, 0.1) is 0 Å². The lowest BCUT2D eigenvalue weighted by atomic mass is 10.2. The molecule has 0 radical (unpaired) electrons. The van der Waals surface area contributed by atoms with Crippen LogP contribution in [-0.2, 0) is 6.42 Å². The molecule has 17 heavy (non-hydrogen) atoms. The molecule has 5 heteroatoms. The van der Waals surface area contributed by atoms with E-state index in [2.05, 4.69) is 29.1 Å². The first-order valence-electron chi connectivity index (χ1n) is 6.03. The third-order valence-corrected chi connectivity index (χ3v) is 3.48. The lowest BCUT2D eigenvalue weighted by Gasteiger charge is -2.14. The van der Waals surface area contributed by atoms with Crippen molar-refractivity contribution in [1.29, 1.82) is 0 Å². The molecule has 0 aliphatic heterocycles. The predicted octanol–water partition coefficient (Wildman–Crippen LogP) is 3.64. The molecule has 1 aromatic heterocycles. The normalized spacial score (nSPS) is 12.5. The number of thioether (sulfide) groups is 1. The van der Waals surface area contributed by atoms with E-state index in [4.69, 9.17) is 11.6 Å². The number of nitrogens with zero attached hydrogens (tertiary/aromatic N) is 2. The van der Waals surface area contributed by atoms with Gasteiger partial charge in [-0.25, -0.2) is 9.97 Å². The average molecular weight is 274 g/mol. The minimum atomic E-state index is 0.407. The molecular weight excluding hydrogens is 254 g/mol. The fourth-order valence-corrected chi connectivity index (χ4v) is 2.44. The van der Waals surface area contributed by atoms with Crippen LogP contribution >= 0.6 is 23.4 Å². The van der Waals surface area contributed by atoms with Crippen molar-refractivity contribution < 1.29 is 0 Å². The SMILES string of the molecule is CCSCCC(C)Nc1cc(Cl)nc(CC)n1. The molecule has 0 spiro atoms. The monoisotopic (exact) mass is 273 g/mol. The summed E-state index contributed by atoms with van der Waals surface area (Å²) in [6.07, 6.45) is 1.93. The third kappa shape index (κ3) is 5.59. The fraction of sp³-hybridized carbons (Fsp3) is 0.667. The van der Waals surface area contributed by atoms with Crippen LogP contribution in [0.3, 0.4) is 0 Å². The van der Waals surface area contributed by atoms with E-state index < -0.39 is 0 Å². The summed E-state index contributed by atoms with van der Waals surface area (Å²) in [6, 6.07) is 2.19. The van der Waals surface area contributed by atoms with E-state index in [-0.39, 0.29) is 0 Å². The molecule has 0 saturated heterocycles. The maximum absolute atomic E-state index is 5.94. The summed E-state index contributed by atoms with van der Waals surface area (Å²) in [5.41, 5.74) is 0. The van der Waals surface area contributed by atoms with Gasteiger partial charge in [0.25, 0.3) is 0 Å². The number of aryl methyl sites for hydroxylation is 1. The summed E-state index contributed by atoms with van der Waals surface area (Å²) in [6.45, 7) is 6.37. The van der Waals surface area contributed by atoms with E-state index in [0.29, 0.717) is 11.2 Å². The van der Waals surface area contributed by atoms with E-state index in [1.165, 1.54) is 11.5 Å². The Morgan fingerprint density at radius 2 is 2.18 bits per heavy atom. The van der Waals surface area contributed by atoms with Gasteiger partial charge >= 0.3 is 0 Å². The van der Waals surface area contributed by atoms with Crippen LogP contribution in [-0.4, -0.2) is 27.5 Å². The Labute approximate surface area is 113 Å². The smallest absolute Gasteiger partial charge is 0.134 e. The van der Waals surface area contributed by atoms with Crippen molar-refractivity contribution in [2.75, 3.05) is 16.8 Å². The zero-order valence-electron chi connectivity index (χ0n) is 10.7. The van der Waals surface area contributed by atoms with Crippen molar-refractivity contribution in [2.24, 2.45) is 0 Å². The van der Waals surface area contributed by atoms with Crippen LogP contribution in [0.1, 0.15) is 33.0 Å². The number of halogens is 1. The molecule has 1 rings (SSSR count). The number of aromatic nitrogens is 2. The average Bonchev–Trinajstić information content (AvgIpc) is 2.28. The van der Waals surface area contributed by atoms with Crippen LogP contribution < -0.4 is 5.32 Å². The zero-order valence-corrected chi connectivity index (χ0v) is 12.2. The second-order valence-corrected chi connectivity index (χ2v) is 5.66. The van der Waals surface area contributed by atoms with Gasteiger partial charge in [-0.05, 0) is 24.9 Å². The molecule has 1 heterocycles. The van der Waals surface area contributed by atoms with E-state index in [1.54, 1.807) is 6.07 Å². The van der Waals surface area contributed by atoms with E-state index in [0.717, 1.165) is 24.5 Å². The molecule has 1 unspecified atom stereocenters. The van der Waals surface area contributed by atoms with Gasteiger partial charge in [0, 0.05) is 18.5 Å².